The topological polar surface area (TPSA) is 237 Å². The molecule has 108 heavy (non-hydrogen) atoms. The van der Waals surface area contributed by atoms with E-state index in [9.17, 15) is 43.2 Å². The maximum atomic E-state index is 13.1. The van der Waals surface area contributed by atoms with Crippen molar-refractivity contribution in [2.45, 2.75) is 329 Å². The maximum absolute atomic E-state index is 13.1. The Labute approximate surface area is 654 Å². The summed E-state index contributed by atoms with van der Waals surface area (Å²) >= 11 is 0. The van der Waals surface area contributed by atoms with Crippen molar-refractivity contribution in [1.82, 2.24) is 0 Å². The lowest BCUT2D eigenvalue weighted by Gasteiger charge is -2.21. The van der Waals surface area contributed by atoms with Gasteiger partial charge in [-0.25, -0.2) is 9.13 Å². The molecule has 19 heteroatoms. The van der Waals surface area contributed by atoms with Crippen LogP contribution in [0, 0.1) is 0 Å². The molecular formula is C89H146O17P2. The molecule has 0 aliphatic heterocycles. The summed E-state index contributed by atoms with van der Waals surface area (Å²) in [5.74, 6) is -2.28. The lowest BCUT2D eigenvalue weighted by molar-refractivity contribution is -0.161. The number of carbonyl (C=O) groups excluding carboxylic acids is 4. The number of esters is 4. The summed E-state index contributed by atoms with van der Waals surface area (Å²) in [6.07, 6.45) is 94.6. The summed E-state index contributed by atoms with van der Waals surface area (Å²) < 4.78 is 68.7. The normalized spacial score (nSPS) is 14.7. The van der Waals surface area contributed by atoms with E-state index in [2.05, 4.69) is 198 Å². The van der Waals surface area contributed by atoms with Crippen LogP contribution in [-0.2, 0) is 65.4 Å². The van der Waals surface area contributed by atoms with E-state index in [1.165, 1.54) is 19.3 Å². The first-order valence-corrected chi connectivity index (χ1v) is 44.4. The molecule has 0 radical (unpaired) electrons. The van der Waals surface area contributed by atoms with Gasteiger partial charge in [-0.2, -0.15) is 0 Å². The number of hydrogen-bond acceptors (Lipinski definition) is 15. The third-order valence-electron chi connectivity index (χ3n) is 16.7. The minimum absolute atomic E-state index is 0.0341. The van der Waals surface area contributed by atoms with Crippen LogP contribution in [0.5, 0.6) is 0 Å². The molecule has 0 spiro atoms. The van der Waals surface area contributed by atoms with E-state index in [0.717, 1.165) is 205 Å². The van der Waals surface area contributed by atoms with Crippen LogP contribution in [0.25, 0.3) is 0 Å². The van der Waals surface area contributed by atoms with Gasteiger partial charge in [0.1, 0.15) is 19.3 Å². The molecule has 17 nitrogen and oxygen atoms in total. The monoisotopic (exact) mass is 1550 g/mol. The molecule has 0 aliphatic carbocycles. The third-order valence-corrected chi connectivity index (χ3v) is 18.6. The van der Waals surface area contributed by atoms with Crippen LogP contribution in [-0.4, -0.2) is 96.7 Å². The molecule has 614 valence electrons. The standard InChI is InChI=1S/C89H146O17P2/c1-5-9-13-17-21-25-29-33-37-40-41-44-47-50-54-58-62-66-70-74-87(92)100-80-85(106-89(94)76-72-68-64-60-56-52-48-43-39-35-31-27-23-19-15-11-7-3)82-104-108(97,98)102-78-83(90)77-101-107(95,96)103-81-84(105-88(93)75-71-67-63-59-55-51-45-36-32-28-24-20-16-12-8-4)79-99-86(91)73-69-65-61-57-53-49-46-42-38-34-30-26-22-18-14-10-6-2/h10-12,14-16,21-28,33-39,41,44-45,48,52,55,59,83-85,90H,5-9,13,17-20,29-32,40,42-43,46-47,49-51,53-54,56-58,60-82H2,1-4H3,(H,95,96)(H,97,98)/b14-10-,15-11-,16-12-,25-21-,26-22-,27-23-,28-24-,37-33-,38-34-,39-35-,44-41-,45-36-,52-48-,59-55-. The van der Waals surface area contributed by atoms with E-state index < -0.39 is 97.5 Å². The molecule has 0 saturated carbocycles. The Morgan fingerprint density at radius 1 is 0.269 bits per heavy atom. The summed E-state index contributed by atoms with van der Waals surface area (Å²) in [5.41, 5.74) is 0. The van der Waals surface area contributed by atoms with Crippen LogP contribution < -0.4 is 0 Å². The van der Waals surface area contributed by atoms with Crippen molar-refractivity contribution in [3.63, 3.8) is 0 Å². The van der Waals surface area contributed by atoms with E-state index in [1.54, 1.807) is 0 Å². The molecule has 0 aromatic rings. The Kier molecular flexibility index (Phi) is 75.4. The van der Waals surface area contributed by atoms with Gasteiger partial charge >= 0.3 is 39.5 Å². The van der Waals surface area contributed by atoms with Crippen molar-refractivity contribution >= 4 is 39.5 Å². The SMILES string of the molecule is CC/C=C\C/C=C\C/C=C\C/C=C\CCCCCCC(=O)OC(COC(=O)CCCCCCCC/C=C\C/C=C\C/C=C\CCCCC)COP(=O)(O)OCC(O)COP(=O)(O)OCC(COC(=O)CCCCCCCCC/C=C\C/C=C\C/C=C\CC)OC(=O)CCCC/C=C\C/C=C\C/C=C\C/C=C\CC. The van der Waals surface area contributed by atoms with E-state index >= 15 is 0 Å². The van der Waals surface area contributed by atoms with Crippen molar-refractivity contribution in [1.29, 1.82) is 0 Å². The van der Waals surface area contributed by atoms with Crippen LogP contribution in [0.2, 0.25) is 0 Å². The number of unbranched alkanes of at least 4 members (excludes halogenated alkanes) is 22. The Balaban J connectivity index is 5.46. The Morgan fingerprint density at radius 3 is 0.759 bits per heavy atom. The fourth-order valence-electron chi connectivity index (χ4n) is 10.5. The van der Waals surface area contributed by atoms with Gasteiger partial charge in [0.05, 0.1) is 26.4 Å². The van der Waals surface area contributed by atoms with Crippen LogP contribution in [0.4, 0.5) is 0 Å². The highest BCUT2D eigenvalue weighted by molar-refractivity contribution is 7.47. The highest BCUT2D eigenvalue weighted by Crippen LogP contribution is 2.45. The smallest absolute Gasteiger partial charge is 0.462 e. The molecular weight excluding hydrogens is 1400 g/mol. The molecule has 0 fully saturated rings. The van der Waals surface area contributed by atoms with E-state index in [0.29, 0.717) is 32.1 Å². The largest absolute Gasteiger partial charge is 0.472 e. The number of rotatable bonds is 76. The molecule has 0 amide bonds. The van der Waals surface area contributed by atoms with E-state index in [4.69, 9.17) is 37.0 Å². The maximum Gasteiger partial charge on any atom is 0.472 e. The Hall–Kier alpha value is -5.58. The highest BCUT2D eigenvalue weighted by Gasteiger charge is 2.30. The summed E-state index contributed by atoms with van der Waals surface area (Å²) in [5, 5.41) is 10.7. The number of carbonyl (C=O) groups is 4. The third kappa shape index (κ3) is 78.5. The number of hydrogen-bond donors (Lipinski definition) is 3. The molecule has 3 N–H and O–H groups in total. The number of ether oxygens (including phenoxy) is 4. The second-order valence-electron chi connectivity index (χ2n) is 26.9. The fraction of sp³-hybridized carbons (Fsp3) is 0.640. The first-order valence-electron chi connectivity index (χ1n) is 41.4. The molecule has 0 saturated heterocycles. The van der Waals surface area contributed by atoms with Gasteiger partial charge in [0.2, 0.25) is 0 Å². The van der Waals surface area contributed by atoms with Gasteiger partial charge in [-0.05, 0) is 173 Å². The van der Waals surface area contributed by atoms with Gasteiger partial charge in [-0.3, -0.25) is 37.3 Å². The molecule has 0 bridgehead atoms. The quantitative estimate of drug-likeness (QED) is 0.0169. The van der Waals surface area contributed by atoms with Crippen LogP contribution in [0.15, 0.2) is 170 Å². The first kappa shape index (κ1) is 102. The molecule has 0 aromatic heterocycles. The summed E-state index contributed by atoms with van der Waals surface area (Å²) in [6.45, 7) is 4.41. The zero-order valence-corrected chi connectivity index (χ0v) is 69.0. The Bertz CT molecular complexity index is 2710. The number of aliphatic hydroxyl groups excluding tert-OH is 1. The first-order chi connectivity index (χ1) is 52.7. The summed E-state index contributed by atoms with van der Waals surface area (Å²) in [6, 6.07) is 0. The summed E-state index contributed by atoms with van der Waals surface area (Å²) in [4.78, 5) is 73.2. The lowest BCUT2D eigenvalue weighted by Crippen LogP contribution is -2.30. The van der Waals surface area contributed by atoms with Gasteiger partial charge in [0.25, 0.3) is 0 Å². The molecule has 0 rings (SSSR count). The second-order valence-corrected chi connectivity index (χ2v) is 29.8. The fourth-order valence-corrected chi connectivity index (χ4v) is 12.0. The highest BCUT2D eigenvalue weighted by atomic mass is 31.2. The van der Waals surface area contributed by atoms with Crippen molar-refractivity contribution in [2.75, 3.05) is 39.6 Å². The predicted molar refractivity (Wildman–Crippen MR) is 445 cm³/mol. The van der Waals surface area contributed by atoms with Gasteiger partial charge < -0.3 is 33.8 Å². The van der Waals surface area contributed by atoms with E-state index in [1.807, 2.05) is 0 Å². The van der Waals surface area contributed by atoms with Crippen LogP contribution in [0.3, 0.4) is 0 Å². The minimum Gasteiger partial charge on any atom is -0.462 e. The lowest BCUT2D eigenvalue weighted by atomic mass is 10.1. The van der Waals surface area contributed by atoms with Crippen molar-refractivity contribution in [3.05, 3.63) is 170 Å². The average Bonchev–Trinajstić information content (AvgIpc) is 0.900. The van der Waals surface area contributed by atoms with Crippen LogP contribution in [0.1, 0.15) is 310 Å². The molecule has 0 aliphatic rings. The second kappa shape index (κ2) is 79.5. The van der Waals surface area contributed by atoms with Crippen LogP contribution >= 0.6 is 15.6 Å². The van der Waals surface area contributed by atoms with Crippen molar-refractivity contribution < 1.29 is 80.2 Å². The number of phosphoric ester groups is 2. The van der Waals surface area contributed by atoms with Crippen molar-refractivity contribution in [2.24, 2.45) is 0 Å². The van der Waals surface area contributed by atoms with Gasteiger partial charge in [0, 0.05) is 25.7 Å². The number of aliphatic hydroxyl groups is 1. The van der Waals surface area contributed by atoms with Crippen molar-refractivity contribution in [3.8, 4) is 0 Å². The molecule has 0 heterocycles. The molecule has 5 atom stereocenters. The summed E-state index contributed by atoms with van der Waals surface area (Å²) in [7, 11) is -10.0. The van der Waals surface area contributed by atoms with Gasteiger partial charge in [-0.15, -0.1) is 0 Å². The minimum atomic E-state index is -5.00. The molecule has 0 aromatic carbocycles. The molecule has 5 unspecified atom stereocenters. The van der Waals surface area contributed by atoms with Gasteiger partial charge in [-0.1, -0.05) is 281 Å². The average molecular weight is 1550 g/mol. The number of phosphoric acid groups is 2. The predicted octanol–water partition coefficient (Wildman–Crippen LogP) is 24.6. The van der Waals surface area contributed by atoms with Gasteiger partial charge in [0.15, 0.2) is 12.2 Å². The zero-order valence-electron chi connectivity index (χ0n) is 67.2. The Morgan fingerprint density at radius 2 is 0.481 bits per heavy atom. The zero-order chi connectivity index (χ0) is 78.9. The van der Waals surface area contributed by atoms with E-state index in [-0.39, 0.29) is 25.7 Å². The number of allylic oxidation sites excluding steroid dienone is 28.